The molecular formula is C13H11Br2NO3. The number of halogens is 2. The Kier molecular flexibility index (Phi) is 4.42. The first-order valence-electron chi connectivity index (χ1n) is 5.63. The molecule has 1 heterocycles. The van der Waals surface area contributed by atoms with Gasteiger partial charge in [0, 0.05) is 8.95 Å². The molecule has 0 aliphatic rings. The quantitative estimate of drug-likeness (QED) is 0.733. The van der Waals surface area contributed by atoms with Crippen molar-refractivity contribution in [3.63, 3.8) is 0 Å². The maximum Gasteiger partial charge on any atom is 0.376 e. The summed E-state index contributed by atoms with van der Waals surface area (Å²) in [5, 5.41) is 0. The SMILES string of the molecule is CCOC(=O)c1oc(-c2ccc(Br)cc2Br)nc1C. The molecule has 100 valence electrons. The molecule has 0 bridgehead atoms. The Hall–Kier alpha value is -1.14. The van der Waals surface area contributed by atoms with E-state index < -0.39 is 5.97 Å². The monoisotopic (exact) mass is 387 g/mol. The Balaban J connectivity index is 2.42. The maximum absolute atomic E-state index is 11.7. The van der Waals surface area contributed by atoms with Gasteiger partial charge in [-0.15, -0.1) is 0 Å². The molecule has 2 aromatic rings. The number of esters is 1. The second kappa shape index (κ2) is 5.88. The van der Waals surface area contributed by atoms with Gasteiger partial charge in [0.05, 0.1) is 17.9 Å². The van der Waals surface area contributed by atoms with E-state index in [0.717, 1.165) is 14.5 Å². The average molecular weight is 389 g/mol. The molecule has 0 aliphatic carbocycles. The van der Waals surface area contributed by atoms with Crippen molar-refractivity contribution in [3.05, 3.63) is 38.6 Å². The number of ether oxygens (including phenoxy) is 1. The molecule has 0 atom stereocenters. The highest BCUT2D eigenvalue weighted by molar-refractivity contribution is 9.11. The molecule has 2 rings (SSSR count). The molecule has 0 amide bonds. The Bertz CT molecular complexity index is 622. The number of benzene rings is 1. The molecule has 0 unspecified atom stereocenters. The van der Waals surface area contributed by atoms with Crippen LogP contribution < -0.4 is 0 Å². The van der Waals surface area contributed by atoms with Gasteiger partial charge in [0.15, 0.2) is 0 Å². The third-order valence-electron chi connectivity index (χ3n) is 2.42. The zero-order valence-corrected chi connectivity index (χ0v) is 13.5. The predicted molar refractivity (Wildman–Crippen MR) is 78.0 cm³/mol. The molecule has 0 aliphatic heterocycles. The van der Waals surface area contributed by atoms with E-state index in [1.54, 1.807) is 13.8 Å². The molecular weight excluding hydrogens is 378 g/mol. The van der Waals surface area contributed by atoms with Crippen LogP contribution in [0.5, 0.6) is 0 Å². The lowest BCUT2D eigenvalue weighted by Crippen LogP contribution is -2.04. The smallest absolute Gasteiger partial charge is 0.376 e. The van der Waals surface area contributed by atoms with Crippen LogP contribution in [0.2, 0.25) is 0 Å². The minimum atomic E-state index is -0.494. The Morgan fingerprint density at radius 1 is 1.42 bits per heavy atom. The highest BCUT2D eigenvalue weighted by Gasteiger charge is 2.20. The third kappa shape index (κ3) is 3.06. The van der Waals surface area contributed by atoms with E-state index in [1.165, 1.54) is 0 Å². The molecule has 6 heteroatoms. The average Bonchev–Trinajstić information content (AvgIpc) is 2.71. The number of carbonyl (C=O) groups is 1. The van der Waals surface area contributed by atoms with Gasteiger partial charge in [-0.25, -0.2) is 9.78 Å². The van der Waals surface area contributed by atoms with E-state index in [2.05, 4.69) is 36.8 Å². The van der Waals surface area contributed by atoms with Crippen molar-refractivity contribution < 1.29 is 13.9 Å². The second-order valence-electron chi connectivity index (χ2n) is 3.78. The first-order chi connectivity index (χ1) is 9.02. The summed E-state index contributed by atoms with van der Waals surface area (Å²) in [7, 11) is 0. The molecule has 0 saturated carbocycles. The fourth-order valence-electron chi connectivity index (χ4n) is 1.56. The highest BCUT2D eigenvalue weighted by Crippen LogP contribution is 2.31. The van der Waals surface area contributed by atoms with Crippen LogP contribution in [0.15, 0.2) is 31.6 Å². The molecule has 1 aromatic heterocycles. The zero-order valence-electron chi connectivity index (χ0n) is 10.4. The maximum atomic E-state index is 11.7. The van der Waals surface area contributed by atoms with Crippen molar-refractivity contribution in [2.45, 2.75) is 13.8 Å². The van der Waals surface area contributed by atoms with E-state index in [0.29, 0.717) is 18.2 Å². The molecule has 0 N–H and O–H groups in total. The van der Waals surface area contributed by atoms with Crippen LogP contribution in [-0.2, 0) is 4.74 Å². The van der Waals surface area contributed by atoms with Gasteiger partial charge in [0.1, 0.15) is 0 Å². The summed E-state index contributed by atoms with van der Waals surface area (Å²) < 4.78 is 12.2. The zero-order chi connectivity index (χ0) is 14.0. The largest absolute Gasteiger partial charge is 0.460 e. The Morgan fingerprint density at radius 3 is 2.79 bits per heavy atom. The molecule has 19 heavy (non-hydrogen) atoms. The molecule has 0 fully saturated rings. The van der Waals surface area contributed by atoms with Gasteiger partial charge in [-0.3, -0.25) is 0 Å². The number of rotatable bonds is 3. The minimum Gasteiger partial charge on any atom is -0.460 e. The topological polar surface area (TPSA) is 52.3 Å². The first-order valence-corrected chi connectivity index (χ1v) is 7.21. The molecule has 4 nitrogen and oxygen atoms in total. The summed E-state index contributed by atoms with van der Waals surface area (Å²) in [6, 6.07) is 5.62. The third-order valence-corrected chi connectivity index (χ3v) is 3.57. The summed E-state index contributed by atoms with van der Waals surface area (Å²) in [6.45, 7) is 3.76. The fraction of sp³-hybridized carbons (Fsp3) is 0.231. The molecule has 0 saturated heterocycles. The van der Waals surface area contributed by atoms with Gasteiger partial charge in [-0.1, -0.05) is 15.9 Å². The lowest BCUT2D eigenvalue weighted by molar-refractivity contribution is 0.0490. The predicted octanol–water partition coefficient (Wildman–Crippen LogP) is 4.35. The van der Waals surface area contributed by atoms with Crippen LogP contribution in [0.25, 0.3) is 11.5 Å². The standard InChI is InChI=1S/C13H11Br2NO3/c1-3-18-13(17)11-7(2)16-12(19-11)9-5-4-8(14)6-10(9)15/h4-6H,3H2,1-2H3. The van der Waals surface area contributed by atoms with Crippen molar-refractivity contribution in [2.75, 3.05) is 6.61 Å². The van der Waals surface area contributed by atoms with Gasteiger partial charge in [-0.2, -0.15) is 0 Å². The van der Waals surface area contributed by atoms with Crippen molar-refractivity contribution in [1.82, 2.24) is 4.98 Å². The molecule has 1 aromatic carbocycles. The summed E-state index contributed by atoms with van der Waals surface area (Å²) in [6.07, 6.45) is 0. The number of nitrogens with zero attached hydrogens (tertiary/aromatic N) is 1. The molecule has 0 spiro atoms. The Labute approximate surface area is 127 Å². The number of aryl methyl sites for hydroxylation is 1. The fourth-order valence-corrected chi connectivity index (χ4v) is 2.78. The summed E-state index contributed by atoms with van der Waals surface area (Å²) in [5.74, 6) is 0.0404. The number of hydrogen-bond acceptors (Lipinski definition) is 4. The van der Waals surface area contributed by atoms with Crippen molar-refractivity contribution in [2.24, 2.45) is 0 Å². The minimum absolute atomic E-state index is 0.145. The van der Waals surface area contributed by atoms with E-state index in [4.69, 9.17) is 9.15 Å². The van der Waals surface area contributed by atoms with E-state index in [1.807, 2.05) is 18.2 Å². The number of oxazole rings is 1. The van der Waals surface area contributed by atoms with Gasteiger partial charge in [-0.05, 0) is 48.0 Å². The lowest BCUT2D eigenvalue weighted by atomic mass is 10.2. The van der Waals surface area contributed by atoms with Crippen LogP contribution in [0.3, 0.4) is 0 Å². The normalized spacial score (nSPS) is 10.5. The van der Waals surface area contributed by atoms with Crippen LogP contribution in [0.1, 0.15) is 23.2 Å². The van der Waals surface area contributed by atoms with Crippen LogP contribution in [0.4, 0.5) is 0 Å². The summed E-state index contributed by atoms with van der Waals surface area (Å²) in [5.41, 5.74) is 1.30. The number of hydrogen-bond donors (Lipinski definition) is 0. The Morgan fingerprint density at radius 2 is 2.16 bits per heavy atom. The second-order valence-corrected chi connectivity index (χ2v) is 5.55. The van der Waals surface area contributed by atoms with Gasteiger partial charge in [0.2, 0.25) is 11.7 Å². The molecule has 0 radical (unpaired) electrons. The highest BCUT2D eigenvalue weighted by atomic mass is 79.9. The number of carbonyl (C=O) groups excluding carboxylic acids is 1. The van der Waals surface area contributed by atoms with Crippen LogP contribution in [-0.4, -0.2) is 17.6 Å². The van der Waals surface area contributed by atoms with Crippen molar-refractivity contribution >= 4 is 37.8 Å². The summed E-state index contributed by atoms with van der Waals surface area (Å²) in [4.78, 5) is 15.9. The number of aromatic nitrogens is 1. The first kappa shape index (κ1) is 14.3. The van der Waals surface area contributed by atoms with Crippen molar-refractivity contribution in [3.8, 4) is 11.5 Å². The summed E-state index contributed by atoms with van der Waals surface area (Å²) >= 11 is 6.82. The van der Waals surface area contributed by atoms with Gasteiger partial charge >= 0.3 is 5.97 Å². The van der Waals surface area contributed by atoms with E-state index in [9.17, 15) is 4.79 Å². The van der Waals surface area contributed by atoms with Gasteiger partial charge < -0.3 is 9.15 Å². The van der Waals surface area contributed by atoms with Gasteiger partial charge in [0.25, 0.3) is 0 Å². The van der Waals surface area contributed by atoms with E-state index in [-0.39, 0.29) is 5.76 Å². The van der Waals surface area contributed by atoms with Crippen LogP contribution >= 0.6 is 31.9 Å². The van der Waals surface area contributed by atoms with Crippen molar-refractivity contribution in [1.29, 1.82) is 0 Å². The van der Waals surface area contributed by atoms with E-state index >= 15 is 0 Å². The van der Waals surface area contributed by atoms with Crippen LogP contribution in [0, 0.1) is 6.92 Å². The lowest BCUT2D eigenvalue weighted by Gasteiger charge is -2.00.